The van der Waals surface area contributed by atoms with Crippen LogP contribution in [0, 0.1) is 3.80 Å². The summed E-state index contributed by atoms with van der Waals surface area (Å²) in [6.45, 7) is 8.75. The van der Waals surface area contributed by atoms with Crippen LogP contribution in [0.5, 0.6) is 11.5 Å². The smallest absolute Gasteiger partial charge is 0.239 e. The molecular formula is C57H48N4OPt. The van der Waals surface area contributed by atoms with Crippen LogP contribution < -0.4 is 4.74 Å². The number of hydrogen-bond donors (Lipinski definition) is 0. The van der Waals surface area contributed by atoms with Gasteiger partial charge in [0.25, 0.3) is 0 Å². The average Bonchev–Trinajstić information content (AvgIpc) is 3.84. The molecule has 0 fully saturated rings. The molecule has 1 aliphatic rings. The van der Waals surface area contributed by atoms with Crippen molar-refractivity contribution in [2.75, 3.05) is 0 Å². The van der Waals surface area contributed by atoms with Crippen molar-refractivity contribution in [2.24, 2.45) is 0 Å². The van der Waals surface area contributed by atoms with Gasteiger partial charge >= 0.3 is 302 Å². The van der Waals surface area contributed by atoms with Crippen LogP contribution in [0.2, 0.25) is 0 Å². The molecule has 2 unspecified atom stereocenters. The number of aromatic nitrogens is 4. The molecule has 0 saturated carbocycles. The van der Waals surface area contributed by atoms with E-state index in [1.807, 2.05) is 34.9 Å². The number of hydrogen-bond acceptors (Lipinski definition) is 2. The SMILES string of the molecule is [2H]c1c([2H])c([2H])c2c(c1[2H])c1ccc(Oc3ccc4c(c3)C(n3[c](=[Pt])n(-c5c(-c6ccccc6)cccc5-c5ccccc5)c5ccccc53)CCC4C)cc1n2-c1cc(C(C)(C)C)ccn1. The number of fused-ring (bicyclic) bond motifs is 5. The first-order valence-corrected chi connectivity index (χ1v) is 22.8. The van der Waals surface area contributed by atoms with E-state index in [-0.39, 0.29) is 35.6 Å². The Kier molecular flexibility index (Phi) is 8.69. The Morgan fingerprint density at radius 3 is 2.02 bits per heavy atom. The van der Waals surface area contributed by atoms with Crippen LogP contribution >= 0.6 is 0 Å². The summed E-state index contributed by atoms with van der Waals surface area (Å²) in [7, 11) is 0. The molecule has 2 atom stereocenters. The first-order valence-electron chi connectivity index (χ1n) is 23.6. The Morgan fingerprint density at radius 1 is 0.619 bits per heavy atom. The zero-order chi connectivity index (χ0) is 46.3. The number of nitrogens with zero attached hydrogens (tertiary/aromatic N) is 4. The van der Waals surface area contributed by atoms with Crippen LogP contribution in [0.25, 0.3) is 66.6 Å². The molecule has 0 amide bonds. The Hall–Kier alpha value is -6.55. The third-order valence-electron chi connectivity index (χ3n) is 12.7. The summed E-state index contributed by atoms with van der Waals surface area (Å²) in [6, 6.07) is 52.3. The monoisotopic (exact) mass is 1000 g/mol. The molecule has 0 bridgehead atoms. The van der Waals surface area contributed by atoms with E-state index in [1.54, 1.807) is 6.20 Å². The number of pyridine rings is 1. The van der Waals surface area contributed by atoms with Crippen LogP contribution in [0.15, 0.2) is 182 Å². The van der Waals surface area contributed by atoms with E-state index in [9.17, 15) is 0 Å². The minimum atomic E-state index is -0.282. The van der Waals surface area contributed by atoms with Gasteiger partial charge in [-0.25, -0.2) is 4.98 Å². The minimum absolute atomic E-state index is 0.0210. The molecule has 3 aromatic heterocycles. The Morgan fingerprint density at radius 2 is 1.29 bits per heavy atom. The molecular weight excluding hydrogens is 952 g/mol. The first kappa shape index (κ1) is 35.0. The Balaban J connectivity index is 1.07. The molecule has 63 heavy (non-hydrogen) atoms. The van der Waals surface area contributed by atoms with E-state index >= 15 is 0 Å². The van der Waals surface area contributed by atoms with Crippen LogP contribution in [-0.4, -0.2) is 18.7 Å². The molecule has 0 saturated heterocycles. The minimum Gasteiger partial charge on any atom is -0.239 e. The summed E-state index contributed by atoms with van der Waals surface area (Å²) in [5.41, 5.74) is 12.6. The van der Waals surface area contributed by atoms with Gasteiger partial charge < -0.3 is 0 Å². The van der Waals surface area contributed by atoms with Gasteiger partial charge in [0.05, 0.1) is 5.48 Å². The number of para-hydroxylation sites is 4. The van der Waals surface area contributed by atoms with Crippen LogP contribution in [0.4, 0.5) is 0 Å². The zero-order valence-corrected chi connectivity index (χ0v) is 37.9. The number of rotatable bonds is 7. The fourth-order valence-electron chi connectivity index (χ4n) is 9.61. The van der Waals surface area contributed by atoms with Gasteiger partial charge in [0, 0.05) is 6.20 Å². The second-order valence-electron chi connectivity index (χ2n) is 17.6. The normalized spacial score (nSPS) is 16.2. The van der Waals surface area contributed by atoms with Crippen molar-refractivity contribution in [3.63, 3.8) is 0 Å². The topological polar surface area (TPSA) is 36.9 Å². The summed E-state index contributed by atoms with van der Waals surface area (Å²) in [5.74, 6) is 2.23. The van der Waals surface area contributed by atoms with Crippen LogP contribution in [0.1, 0.15) is 74.7 Å². The molecule has 0 radical (unpaired) electrons. The molecule has 11 rings (SSSR count). The van der Waals surface area contributed by atoms with Gasteiger partial charge in [0.15, 0.2) is 0 Å². The standard InChI is InChI=1S/C57H48N4O.Pt/c1-38-26-31-50(59-37-60(53-25-14-13-24-52(53)59)56-45(39-16-7-5-8-17-39)21-15-22-46(56)40-18-9-6-10-19-40)49-35-42(27-29-44(38)49)62-43-28-30-48-47-20-11-12-23-51(47)61(54(48)36-43)55-34-41(32-33-58-55)57(2,3)4;/h5-25,27-30,32-36,38,50H,26,31H2,1-4H3;/i11D,12D,20D,23D;. The molecule has 10 aromatic rings. The summed E-state index contributed by atoms with van der Waals surface area (Å²) in [4.78, 5) is 4.78. The van der Waals surface area contributed by atoms with Crippen molar-refractivity contribution in [1.29, 1.82) is 0 Å². The molecule has 6 heteroatoms. The molecule has 0 N–H and O–H groups in total. The van der Waals surface area contributed by atoms with Gasteiger partial charge in [-0.15, -0.1) is 0 Å². The molecule has 0 spiro atoms. The summed E-state index contributed by atoms with van der Waals surface area (Å²) in [5, 5.41) is 1.15. The molecule has 5 nitrogen and oxygen atoms in total. The van der Waals surface area contributed by atoms with Crippen molar-refractivity contribution in [1.82, 2.24) is 18.7 Å². The van der Waals surface area contributed by atoms with Crippen LogP contribution in [-0.2, 0) is 24.8 Å². The van der Waals surface area contributed by atoms with E-state index in [1.165, 1.54) is 11.1 Å². The number of imidazole rings is 1. The first-order chi connectivity index (χ1) is 32.4. The van der Waals surface area contributed by atoms with E-state index < -0.39 is 0 Å². The molecule has 7 aromatic carbocycles. The maximum absolute atomic E-state index is 9.09. The van der Waals surface area contributed by atoms with Crippen molar-refractivity contribution in [2.45, 2.75) is 57.9 Å². The maximum atomic E-state index is 9.09. The van der Waals surface area contributed by atoms with Gasteiger partial charge in [-0.3, -0.25) is 0 Å². The Bertz CT molecular complexity index is 3590. The predicted octanol–water partition coefficient (Wildman–Crippen LogP) is 14.9. The second-order valence-corrected chi connectivity index (χ2v) is 18.7. The third-order valence-corrected chi connectivity index (χ3v) is 13.8. The van der Waals surface area contributed by atoms with Gasteiger partial charge in [-0.2, -0.15) is 0 Å². The van der Waals surface area contributed by atoms with Crippen molar-refractivity contribution >= 4 is 32.8 Å². The quantitative estimate of drug-likeness (QED) is 0.160. The third kappa shape index (κ3) is 6.82. The zero-order valence-electron chi connectivity index (χ0n) is 39.6. The van der Waals surface area contributed by atoms with E-state index in [4.69, 9.17) is 15.2 Å². The van der Waals surface area contributed by atoms with Crippen LogP contribution in [0.3, 0.4) is 0 Å². The average molecular weight is 1000 g/mol. The van der Waals surface area contributed by atoms with E-state index in [0.29, 0.717) is 45.0 Å². The number of ether oxygens (including phenoxy) is 1. The molecule has 3 heterocycles. The Labute approximate surface area is 384 Å². The van der Waals surface area contributed by atoms with E-state index in [0.717, 1.165) is 61.2 Å². The van der Waals surface area contributed by atoms with Gasteiger partial charge in [0.1, 0.15) is 0 Å². The van der Waals surface area contributed by atoms with Crippen molar-refractivity contribution < 1.29 is 29.6 Å². The number of benzene rings is 7. The fraction of sp³-hybridized carbons (Fsp3) is 0.158. The fourth-order valence-corrected chi connectivity index (χ4v) is 10.8. The predicted molar refractivity (Wildman–Crippen MR) is 255 cm³/mol. The van der Waals surface area contributed by atoms with Gasteiger partial charge in [-0.05, 0) is 29.2 Å². The van der Waals surface area contributed by atoms with Gasteiger partial charge in [0.2, 0.25) is 0 Å². The van der Waals surface area contributed by atoms with Crippen molar-refractivity contribution in [3.8, 4) is 45.3 Å². The molecule has 1 aliphatic carbocycles. The summed E-state index contributed by atoms with van der Waals surface area (Å²) in [6.07, 6.45) is 3.76. The summed E-state index contributed by atoms with van der Waals surface area (Å²) >= 11 is 2.55. The van der Waals surface area contributed by atoms with Crippen molar-refractivity contribution in [3.05, 3.63) is 203 Å². The summed E-state index contributed by atoms with van der Waals surface area (Å²) < 4.78 is 50.1. The molecule has 0 aliphatic heterocycles. The second kappa shape index (κ2) is 15.7. The molecule has 312 valence electrons. The van der Waals surface area contributed by atoms with Gasteiger partial charge in [-0.1, -0.05) is 38.9 Å². The van der Waals surface area contributed by atoms with E-state index in [2.05, 4.69) is 178 Å².